The monoisotopic (exact) mass is 314 g/mol. The normalized spacial score (nSPS) is 21.6. The lowest BCUT2D eigenvalue weighted by Crippen LogP contribution is -2.45. The maximum Gasteiger partial charge on any atom is 0.220 e. The fourth-order valence-electron chi connectivity index (χ4n) is 3.39. The first-order chi connectivity index (χ1) is 11.2. The van der Waals surface area contributed by atoms with Crippen molar-refractivity contribution in [1.82, 2.24) is 15.3 Å². The maximum absolute atomic E-state index is 12.1. The largest absolute Gasteiger partial charge is 0.356 e. The average Bonchev–Trinajstić information content (AvgIpc) is 3.08. The Labute approximate surface area is 138 Å². The number of piperidine rings is 1. The van der Waals surface area contributed by atoms with Crippen LogP contribution in [0.5, 0.6) is 0 Å². The lowest BCUT2D eigenvalue weighted by molar-refractivity contribution is -0.122. The smallest absolute Gasteiger partial charge is 0.220 e. The molecule has 0 spiro atoms. The van der Waals surface area contributed by atoms with E-state index in [-0.39, 0.29) is 5.91 Å². The summed E-state index contributed by atoms with van der Waals surface area (Å²) >= 11 is 0. The third-order valence-corrected chi connectivity index (χ3v) is 4.82. The predicted octanol–water partition coefficient (Wildman–Crippen LogP) is 2.48. The number of amides is 1. The Morgan fingerprint density at radius 3 is 2.83 bits per heavy atom. The van der Waals surface area contributed by atoms with Crippen LogP contribution in [-0.2, 0) is 11.2 Å². The molecule has 5 heteroatoms. The minimum Gasteiger partial charge on any atom is -0.356 e. The zero-order chi connectivity index (χ0) is 16.1. The second-order valence-electron chi connectivity index (χ2n) is 6.52. The quantitative estimate of drug-likeness (QED) is 0.848. The summed E-state index contributed by atoms with van der Waals surface area (Å²) in [6.45, 7) is 3.98. The molecule has 0 saturated carbocycles. The number of hydrogen-bond acceptors (Lipinski definition) is 4. The highest BCUT2D eigenvalue weighted by atomic mass is 16.1. The summed E-state index contributed by atoms with van der Waals surface area (Å²) in [6.07, 6.45) is 11.8. The standard InChI is InChI=1S/C18H26N4O/c1-2-15-12-17(20-13-19-15)22-9-7-16(8-10-22)21-18(23)11-14-5-3-4-6-14/h3,5,12-14,16H,2,4,6-11H2,1H3,(H,21,23)/t14-/m0/s1. The fourth-order valence-corrected chi connectivity index (χ4v) is 3.39. The lowest BCUT2D eigenvalue weighted by atomic mass is 10.0. The molecule has 0 bridgehead atoms. The van der Waals surface area contributed by atoms with Crippen molar-refractivity contribution in [3.8, 4) is 0 Å². The van der Waals surface area contributed by atoms with Crippen molar-refractivity contribution in [2.75, 3.05) is 18.0 Å². The molecule has 2 heterocycles. The summed E-state index contributed by atoms with van der Waals surface area (Å²) in [4.78, 5) is 23.1. The van der Waals surface area contributed by atoms with Gasteiger partial charge in [0.05, 0.1) is 0 Å². The zero-order valence-corrected chi connectivity index (χ0v) is 13.9. The highest BCUT2D eigenvalue weighted by molar-refractivity contribution is 5.76. The van der Waals surface area contributed by atoms with Crippen LogP contribution < -0.4 is 10.2 Å². The van der Waals surface area contributed by atoms with Gasteiger partial charge >= 0.3 is 0 Å². The van der Waals surface area contributed by atoms with E-state index in [9.17, 15) is 4.79 Å². The number of carbonyl (C=O) groups excluding carboxylic acids is 1. The molecular weight excluding hydrogens is 288 g/mol. The van der Waals surface area contributed by atoms with Gasteiger partial charge in [-0.25, -0.2) is 9.97 Å². The molecule has 1 aromatic heterocycles. The highest BCUT2D eigenvalue weighted by Gasteiger charge is 2.23. The summed E-state index contributed by atoms with van der Waals surface area (Å²) in [7, 11) is 0. The fraction of sp³-hybridized carbons (Fsp3) is 0.611. The van der Waals surface area contributed by atoms with Gasteiger partial charge in [0.15, 0.2) is 0 Å². The van der Waals surface area contributed by atoms with Gasteiger partial charge in [0.25, 0.3) is 0 Å². The van der Waals surface area contributed by atoms with Gasteiger partial charge in [-0.2, -0.15) is 0 Å². The van der Waals surface area contributed by atoms with E-state index in [0.717, 1.165) is 56.7 Å². The Kier molecular flexibility index (Phi) is 5.26. The van der Waals surface area contributed by atoms with E-state index >= 15 is 0 Å². The molecular formula is C18H26N4O. The number of allylic oxidation sites excluding steroid dienone is 2. The van der Waals surface area contributed by atoms with Gasteiger partial charge in [-0.05, 0) is 38.0 Å². The number of rotatable bonds is 5. The molecule has 1 N–H and O–H groups in total. The summed E-state index contributed by atoms with van der Waals surface area (Å²) in [5.41, 5.74) is 1.08. The molecule has 5 nitrogen and oxygen atoms in total. The van der Waals surface area contributed by atoms with Crippen molar-refractivity contribution >= 4 is 11.7 Å². The molecule has 1 atom stereocenters. The zero-order valence-electron chi connectivity index (χ0n) is 13.9. The van der Waals surface area contributed by atoms with Crippen LogP contribution in [0.25, 0.3) is 0 Å². The van der Waals surface area contributed by atoms with Crippen molar-refractivity contribution in [3.63, 3.8) is 0 Å². The Balaban J connectivity index is 1.46. The van der Waals surface area contributed by atoms with Crippen LogP contribution in [0.2, 0.25) is 0 Å². The second kappa shape index (κ2) is 7.57. The molecule has 1 aromatic rings. The number of aryl methyl sites for hydroxylation is 1. The van der Waals surface area contributed by atoms with E-state index in [2.05, 4.69) is 45.3 Å². The van der Waals surface area contributed by atoms with Gasteiger partial charge in [-0.15, -0.1) is 0 Å². The topological polar surface area (TPSA) is 58.1 Å². The maximum atomic E-state index is 12.1. The Bertz CT molecular complexity index is 564. The number of hydrogen-bond donors (Lipinski definition) is 1. The van der Waals surface area contributed by atoms with Gasteiger partial charge in [0.2, 0.25) is 5.91 Å². The first kappa shape index (κ1) is 16.0. The van der Waals surface area contributed by atoms with Gasteiger partial charge in [0.1, 0.15) is 12.1 Å². The molecule has 1 fully saturated rings. The highest BCUT2D eigenvalue weighted by Crippen LogP contribution is 2.21. The molecule has 0 radical (unpaired) electrons. The van der Waals surface area contributed by atoms with E-state index in [1.807, 2.05) is 0 Å². The van der Waals surface area contributed by atoms with Crippen LogP contribution in [0.3, 0.4) is 0 Å². The average molecular weight is 314 g/mol. The Morgan fingerprint density at radius 2 is 2.13 bits per heavy atom. The van der Waals surface area contributed by atoms with Crippen molar-refractivity contribution < 1.29 is 4.79 Å². The summed E-state index contributed by atoms with van der Waals surface area (Å²) in [5, 5.41) is 3.21. The minimum absolute atomic E-state index is 0.204. The number of anilines is 1. The molecule has 2 aliphatic rings. The van der Waals surface area contributed by atoms with E-state index < -0.39 is 0 Å². The molecule has 3 rings (SSSR count). The number of carbonyl (C=O) groups is 1. The number of aromatic nitrogens is 2. The van der Waals surface area contributed by atoms with E-state index in [4.69, 9.17) is 0 Å². The molecule has 0 unspecified atom stereocenters. The van der Waals surface area contributed by atoms with Crippen molar-refractivity contribution in [2.24, 2.45) is 5.92 Å². The van der Waals surface area contributed by atoms with E-state index in [0.29, 0.717) is 18.4 Å². The summed E-state index contributed by atoms with van der Waals surface area (Å²) in [6, 6.07) is 2.38. The molecule has 1 saturated heterocycles. The minimum atomic E-state index is 0.204. The molecule has 1 aliphatic heterocycles. The molecule has 0 aromatic carbocycles. The first-order valence-corrected chi connectivity index (χ1v) is 8.76. The lowest BCUT2D eigenvalue weighted by Gasteiger charge is -2.33. The predicted molar refractivity (Wildman–Crippen MR) is 91.3 cm³/mol. The SMILES string of the molecule is CCc1cc(N2CCC(NC(=O)C[C@H]3C=CCC3)CC2)ncn1. The van der Waals surface area contributed by atoms with Crippen LogP contribution in [0.4, 0.5) is 5.82 Å². The summed E-state index contributed by atoms with van der Waals surface area (Å²) < 4.78 is 0. The van der Waals surface area contributed by atoms with Crippen LogP contribution in [0, 0.1) is 5.92 Å². The van der Waals surface area contributed by atoms with Crippen LogP contribution in [0.15, 0.2) is 24.5 Å². The number of nitrogens with one attached hydrogen (secondary N) is 1. The van der Waals surface area contributed by atoms with Crippen LogP contribution >= 0.6 is 0 Å². The van der Waals surface area contributed by atoms with Gasteiger partial charge in [0, 0.05) is 37.3 Å². The third kappa shape index (κ3) is 4.30. The van der Waals surface area contributed by atoms with Gasteiger partial charge in [-0.1, -0.05) is 19.1 Å². The van der Waals surface area contributed by atoms with Crippen LogP contribution in [0.1, 0.15) is 44.7 Å². The van der Waals surface area contributed by atoms with Crippen molar-refractivity contribution in [2.45, 2.75) is 51.5 Å². The van der Waals surface area contributed by atoms with Crippen LogP contribution in [-0.4, -0.2) is 35.0 Å². The molecule has 1 aliphatic carbocycles. The first-order valence-electron chi connectivity index (χ1n) is 8.76. The Hall–Kier alpha value is -1.91. The third-order valence-electron chi connectivity index (χ3n) is 4.82. The summed E-state index contributed by atoms with van der Waals surface area (Å²) in [5.74, 6) is 1.66. The van der Waals surface area contributed by atoms with Gasteiger partial charge in [-0.3, -0.25) is 4.79 Å². The molecule has 23 heavy (non-hydrogen) atoms. The Morgan fingerprint density at radius 1 is 1.30 bits per heavy atom. The second-order valence-corrected chi connectivity index (χ2v) is 6.52. The van der Waals surface area contributed by atoms with Crippen molar-refractivity contribution in [1.29, 1.82) is 0 Å². The molecule has 1 amide bonds. The van der Waals surface area contributed by atoms with Crippen molar-refractivity contribution in [3.05, 3.63) is 30.2 Å². The van der Waals surface area contributed by atoms with Gasteiger partial charge < -0.3 is 10.2 Å². The van der Waals surface area contributed by atoms with E-state index in [1.54, 1.807) is 6.33 Å². The molecule has 124 valence electrons. The van der Waals surface area contributed by atoms with E-state index in [1.165, 1.54) is 0 Å². The number of nitrogens with zero attached hydrogens (tertiary/aromatic N) is 3.